The Morgan fingerprint density at radius 2 is 1.62 bits per heavy atom. The second-order valence-electron chi connectivity index (χ2n) is 8.32. The molecule has 136 valence electrons. The summed E-state index contributed by atoms with van der Waals surface area (Å²) in [6, 6.07) is 14.8. The molecule has 0 radical (unpaired) electrons. The highest BCUT2D eigenvalue weighted by molar-refractivity contribution is 7.99. The van der Waals surface area contributed by atoms with Crippen molar-refractivity contribution in [2.24, 2.45) is 0 Å². The van der Waals surface area contributed by atoms with Crippen LogP contribution in [0.15, 0.2) is 58.3 Å². The Morgan fingerprint density at radius 1 is 0.962 bits per heavy atom. The third-order valence-electron chi connectivity index (χ3n) is 5.34. The summed E-state index contributed by atoms with van der Waals surface area (Å²) in [5.41, 5.74) is 4.26. The molecule has 0 aromatic heterocycles. The van der Waals surface area contributed by atoms with E-state index in [0.717, 1.165) is 10.5 Å². The number of carbonyl (C=O) groups is 1. The lowest BCUT2D eigenvalue weighted by atomic mass is 9.63. The second kappa shape index (κ2) is 6.96. The lowest BCUT2D eigenvalue weighted by Crippen LogP contribution is -2.33. The van der Waals surface area contributed by atoms with Crippen LogP contribution < -0.4 is 0 Å². The summed E-state index contributed by atoms with van der Waals surface area (Å²) in [6.45, 7) is 9.36. The van der Waals surface area contributed by atoms with Crippen molar-refractivity contribution < 1.29 is 9.90 Å². The predicted octanol–water partition coefficient (Wildman–Crippen LogP) is 6.28. The normalized spacial score (nSPS) is 17.8. The average molecular weight is 367 g/mol. The molecule has 1 aliphatic rings. The summed E-state index contributed by atoms with van der Waals surface area (Å²) in [4.78, 5) is 13.1. The number of hydrogen-bond donors (Lipinski definition) is 1. The zero-order chi connectivity index (χ0) is 18.9. The highest BCUT2D eigenvalue weighted by Crippen LogP contribution is 2.47. The van der Waals surface area contributed by atoms with Gasteiger partial charge in [-0.05, 0) is 70.7 Å². The zero-order valence-electron chi connectivity index (χ0n) is 15.9. The molecule has 0 bridgehead atoms. The first-order chi connectivity index (χ1) is 12.2. The molecule has 0 heterocycles. The van der Waals surface area contributed by atoms with Crippen molar-refractivity contribution in [2.45, 2.75) is 61.2 Å². The van der Waals surface area contributed by atoms with E-state index in [4.69, 9.17) is 5.11 Å². The molecule has 0 saturated heterocycles. The molecule has 2 aromatic carbocycles. The van der Waals surface area contributed by atoms with Crippen molar-refractivity contribution in [3.05, 3.63) is 65.2 Å². The molecule has 3 rings (SSSR count). The van der Waals surface area contributed by atoms with Gasteiger partial charge in [0.1, 0.15) is 0 Å². The standard InChI is InChI=1S/C23H26O2S/c1-22(2)12-13-23(3,4)20-15-18(9-10-19(20)22)26-17-7-5-6-16(14-17)8-11-21(24)25/h5-11,14-15H,12-13H2,1-4H3,(H,24,25). The van der Waals surface area contributed by atoms with E-state index in [1.54, 1.807) is 17.8 Å². The molecule has 0 saturated carbocycles. The van der Waals surface area contributed by atoms with Crippen molar-refractivity contribution >= 4 is 23.8 Å². The van der Waals surface area contributed by atoms with Gasteiger partial charge in [-0.1, -0.05) is 57.7 Å². The Balaban J connectivity index is 1.90. The van der Waals surface area contributed by atoms with Gasteiger partial charge in [0.05, 0.1) is 0 Å². The first-order valence-electron chi connectivity index (χ1n) is 9.01. The van der Waals surface area contributed by atoms with Gasteiger partial charge >= 0.3 is 5.97 Å². The number of hydrogen-bond acceptors (Lipinski definition) is 2. The van der Waals surface area contributed by atoms with Gasteiger partial charge < -0.3 is 5.11 Å². The van der Waals surface area contributed by atoms with Crippen LogP contribution in [0.3, 0.4) is 0 Å². The number of rotatable bonds is 4. The van der Waals surface area contributed by atoms with E-state index < -0.39 is 5.97 Å². The Labute approximate surface area is 160 Å². The highest BCUT2D eigenvalue weighted by atomic mass is 32.2. The fourth-order valence-corrected chi connectivity index (χ4v) is 4.54. The summed E-state index contributed by atoms with van der Waals surface area (Å²) in [7, 11) is 0. The number of aliphatic carboxylic acids is 1. The van der Waals surface area contributed by atoms with Crippen LogP contribution in [0.4, 0.5) is 0 Å². The van der Waals surface area contributed by atoms with E-state index in [1.165, 1.54) is 34.9 Å². The number of fused-ring (bicyclic) bond motifs is 1. The molecule has 2 nitrogen and oxygen atoms in total. The molecule has 3 heteroatoms. The van der Waals surface area contributed by atoms with Crippen molar-refractivity contribution in [3.63, 3.8) is 0 Å². The van der Waals surface area contributed by atoms with Crippen molar-refractivity contribution in [1.82, 2.24) is 0 Å². The quantitative estimate of drug-likeness (QED) is 0.647. The smallest absolute Gasteiger partial charge is 0.328 e. The van der Waals surface area contributed by atoms with Gasteiger partial charge in [0.25, 0.3) is 0 Å². The molecule has 2 aromatic rings. The van der Waals surface area contributed by atoms with Crippen molar-refractivity contribution in [3.8, 4) is 0 Å². The summed E-state index contributed by atoms with van der Waals surface area (Å²) < 4.78 is 0. The maximum Gasteiger partial charge on any atom is 0.328 e. The highest BCUT2D eigenvalue weighted by Gasteiger charge is 2.36. The van der Waals surface area contributed by atoms with Crippen LogP contribution in [0, 0.1) is 0 Å². The molecule has 0 amide bonds. The van der Waals surface area contributed by atoms with Gasteiger partial charge in [-0.2, -0.15) is 0 Å². The largest absolute Gasteiger partial charge is 0.478 e. The molecule has 0 fully saturated rings. The van der Waals surface area contributed by atoms with Crippen LogP contribution in [0.1, 0.15) is 57.2 Å². The molecule has 0 unspecified atom stereocenters. The molecule has 0 spiro atoms. The van der Waals surface area contributed by atoms with E-state index in [9.17, 15) is 4.79 Å². The minimum atomic E-state index is -0.928. The third kappa shape index (κ3) is 4.04. The van der Waals surface area contributed by atoms with Gasteiger partial charge in [0.15, 0.2) is 0 Å². The van der Waals surface area contributed by atoms with Crippen LogP contribution in [0.2, 0.25) is 0 Å². The minimum Gasteiger partial charge on any atom is -0.478 e. The minimum absolute atomic E-state index is 0.202. The molecular formula is C23H26O2S. The van der Waals surface area contributed by atoms with Gasteiger partial charge in [-0.3, -0.25) is 0 Å². The van der Waals surface area contributed by atoms with E-state index in [2.05, 4.69) is 52.0 Å². The van der Waals surface area contributed by atoms with E-state index in [1.807, 2.05) is 18.2 Å². The number of benzene rings is 2. The Kier molecular flexibility index (Phi) is 5.03. The van der Waals surface area contributed by atoms with Crippen LogP contribution >= 0.6 is 11.8 Å². The van der Waals surface area contributed by atoms with Gasteiger partial charge in [-0.15, -0.1) is 0 Å². The first kappa shape index (κ1) is 18.8. The van der Waals surface area contributed by atoms with Crippen LogP contribution in [-0.4, -0.2) is 11.1 Å². The van der Waals surface area contributed by atoms with E-state index >= 15 is 0 Å². The molecule has 1 aliphatic carbocycles. The second-order valence-corrected chi connectivity index (χ2v) is 9.47. The SMILES string of the molecule is CC1(C)CCC(C)(C)c2cc(Sc3cccc(C=CC(=O)O)c3)ccc21. The number of carboxylic acid groups (broad SMARTS) is 1. The van der Waals surface area contributed by atoms with Crippen molar-refractivity contribution in [2.75, 3.05) is 0 Å². The van der Waals surface area contributed by atoms with Gasteiger partial charge in [0, 0.05) is 15.9 Å². The predicted molar refractivity (Wildman–Crippen MR) is 109 cm³/mol. The third-order valence-corrected chi connectivity index (χ3v) is 6.32. The maximum atomic E-state index is 10.7. The van der Waals surface area contributed by atoms with Crippen LogP contribution in [0.25, 0.3) is 6.08 Å². The van der Waals surface area contributed by atoms with Gasteiger partial charge in [0.2, 0.25) is 0 Å². The molecule has 1 N–H and O–H groups in total. The Morgan fingerprint density at radius 3 is 2.31 bits per heavy atom. The van der Waals surface area contributed by atoms with E-state index in [0.29, 0.717) is 0 Å². The lowest BCUT2D eigenvalue weighted by Gasteiger charge is -2.42. The van der Waals surface area contributed by atoms with Gasteiger partial charge in [-0.25, -0.2) is 4.79 Å². The van der Waals surface area contributed by atoms with E-state index in [-0.39, 0.29) is 10.8 Å². The molecule has 26 heavy (non-hydrogen) atoms. The fourth-order valence-electron chi connectivity index (χ4n) is 3.62. The summed E-state index contributed by atoms with van der Waals surface area (Å²) in [6.07, 6.45) is 5.23. The maximum absolute atomic E-state index is 10.7. The summed E-state index contributed by atoms with van der Waals surface area (Å²) in [5, 5.41) is 8.79. The molecule has 0 aliphatic heterocycles. The number of carboxylic acids is 1. The fraction of sp³-hybridized carbons (Fsp3) is 0.348. The topological polar surface area (TPSA) is 37.3 Å². The first-order valence-corrected chi connectivity index (χ1v) is 9.83. The zero-order valence-corrected chi connectivity index (χ0v) is 16.7. The summed E-state index contributed by atoms with van der Waals surface area (Å²) in [5.74, 6) is -0.928. The monoisotopic (exact) mass is 366 g/mol. The Hall–Kier alpha value is -2.00. The molecular weight excluding hydrogens is 340 g/mol. The lowest BCUT2D eigenvalue weighted by molar-refractivity contribution is -0.131. The summed E-state index contributed by atoms with van der Waals surface area (Å²) >= 11 is 1.73. The Bertz CT molecular complexity index is 862. The van der Waals surface area contributed by atoms with Crippen LogP contribution in [-0.2, 0) is 15.6 Å². The average Bonchev–Trinajstić information content (AvgIpc) is 2.58. The van der Waals surface area contributed by atoms with Crippen molar-refractivity contribution in [1.29, 1.82) is 0 Å². The molecule has 0 atom stereocenters. The van der Waals surface area contributed by atoms with Crippen LogP contribution in [0.5, 0.6) is 0 Å².